The van der Waals surface area contributed by atoms with Crippen molar-refractivity contribution in [1.29, 1.82) is 0 Å². The van der Waals surface area contributed by atoms with Crippen LogP contribution in [0.2, 0.25) is 0 Å². The lowest BCUT2D eigenvalue weighted by Gasteiger charge is -2.30. The number of likely N-dealkylation sites (N-methyl/N-ethyl adjacent to an activating group) is 1. The van der Waals surface area contributed by atoms with Gasteiger partial charge in [0.25, 0.3) is 0 Å². The van der Waals surface area contributed by atoms with Gasteiger partial charge < -0.3 is 10.4 Å². The van der Waals surface area contributed by atoms with Gasteiger partial charge >= 0.3 is 0 Å². The number of aliphatic hydroxyl groups is 1. The molecule has 0 aromatic carbocycles. The lowest BCUT2D eigenvalue weighted by molar-refractivity contribution is 0.168. The third-order valence-electron chi connectivity index (χ3n) is 2.67. The Morgan fingerprint density at radius 3 is 2.82 bits per heavy atom. The van der Waals surface area contributed by atoms with E-state index in [1.54, 1.807) is 22.8 Å². The standard InChI is InChI=1S/C11H22N4OS/c1-5-13-11(3,7-16)6-9(2)17-10-12-8-14-15(10)4/h8-9,13,16H,5-7H2,1-4H3. The van der Waals surface area contributed by atoms with Crippen molar-refractivity contribution in [3.8, 4) is 0 Å². The fourth-order valence-electron chi connectivity index (χ4n) is 1.87. The van der Waals surface area contributed by atoms with Crippen LogP contribution >= 0.6 is 11.8 Å². The third kappa shape index (κ3) is 4.29. The maximum Gasteiger partial charge on any atom is 0.186 e. The molecule has 0 bridgehead atoms. The molecule has 0 radical (unpaired) electrons. The summed E-state index contributed by atoms with van der Waals surface area (Å²) in [4.78, 5) is 4.19. The van der Waals surface area contributed by atoms with Gasteiger partial charge in [-0.1, -0.05) is 25.6 Å². The van der Waals surface area contributed by atoms with Crippen LogP contribution in [0, 0.1) is 0 Å². The highest BCUT2D eigenvalue weighted by Gasteiger charge is 2.25. The molecule has 6 heteroatoms. The summed E-state index contributed by atoms with van der Waals surface area (Å²) in [7, 11) is 1.89. The highest BCUT2D eigenvalue weighted by Crippen LogP contribution is 2.26. The highest BCUT2D eigenvalue weighted by atomic mass is 32.2. The van der Waals surface area contributed by atoms with Crippen LogP contribution in [-0.2, 0) is 7.05 Å². The van der Waals surface area contributed by atoms with Crippen molar-refractivity contribution in [3.63, 3.8) is 0 Å². The zero-order valence-electron chi connectivity index (χ0n) is 11.0. The van der Waals surface area contributed by atoms with Gasteiger partial charge in [-0.2, -0.15) is 5.10 Å². The van der Waals surface area contributed by atoms with Crippen molar-refractivity contribution in [2.45, 2.75) is 43.1 Å². The molecule has 0 saturated carbocycles. The van der Waals surface area contributed by atoms with E-state index in [4.69, 9.17) is 0 Å². The Labute approximate surface area is 107 Å². The Kier molecular flexibility index (Phi) is 5.42. The lowest BCUT2D eigenvalue weighted by Crippen LogP contribution is -2.47. The van der Waals surface area contributed by atoms with Gasteiger partial charge in [0.15, 0.2) is 5.16 Å². The van der Waals surface area contributed by atoms with Gasteiger partial charge in [0.05, 0.1) is 6.61 Å². The molecule has 1 heterocycles. The molecule has 0 aliphatic carbocycles. The van der Waals surface area contributed by atoms with E-state index < -0.39 is 0 Å². The number of hydrogen-bond acceptors (Lipinski definition) is 5. The van der Waals surface area contributed by atoms with Gasteiger partial charge in [0.1, 0.15) is 6.33 Å². The average Bonchev–Trinajstić information content (AvgIpc) is 2.64. The minimum atomic E-state index is -0.222. The SMILES string of the molecule is CCNC(C)(CO)CC(C)Sc1ncnn1C. The van der Waals surface area contributed by atoms with Crippen LogP contribution in [-0.4, -0.2) is 43.8 Å². The molecule has 0 amide bonds. The first kappa shape index (κ1) is 14.5. The van der Waals surface area contributed by atoms with Gasteiger partial charge in [-0.15, -0.1) is 0 Å². The van der Waals surface area contributed by atoms with Gasteiger partial charge in [-0.3, -0.25) is 0 Å². The van der Waals surface area contributed by atoms with E-state index in [2.05, 4.69) is 22.3 Å². The highest BCUT2D eigenvalue weighted by molar-refractivity contribution is 7.99. The molecule has 2 N–H and O–H groups in total. The number of aliphatic hydroxyl groups excluding tert-OH is 1. The molecule has 0 aliphatic rings. The van der Waals surface area contributed by atoms with Crippen LogP contribution in [0.3, 0.4) is 0 Å². The molecule has 1 rings (SSSR count). The average molecular weight is 258 g/mol. The first-order chi connectivity index (χ1) is 8.00. The summed E-state index contributed by atoms with van der Waals surface area (Å²) in [6.45, 7) is 7.24. The van der Waals surface area contributed by atoms with Crippen molar-refractivity contribution in [1.82, 2.24) is 20.1 Å². The number of aryl methyl sites for hydroxylation is 1. The smallest absolute Gasteiger partial charge is 0.186 e. The largest absolute Gasteiger partial charge is 0.394 e. The molecule has 2 atom stereocenters. The van der Waals surface area contributed by atoms with Gasteiger partial charge in [0, 0.05) is 17.8 Å². The minimum absolute atomic E-state index is 0.143. The monoisotopic (exact) mass is 258 g/mol. The minimum Gasteiger partial charge on any atom is -0.394 e. The predicted octanol–water partition coefficient (Wildman–Crippen LogP) is 1.05. The fourth-order valence-corrected chi connectivity index (χ4v) is 2.99. The molecule has 17 heavy (non-hydrogen) atoms. The molecule has 0 spiro atoms. The molecule has 0 saturated heterocycles. The number of nitrogens with zero attached hydrogens (tertiary/aromatic N) is 3. The topological polar surface area (TPSA) is 63.0 Å². The second-order valence-electron chi connectivity index (χ2n) is 4.55. The first-order valence-electron chi connectivity index (χ1n) is 5.87. The first-order valence-corrected chi connectivity index (χ1v) is 6.75. The number of thioether (sulfide) groups is 1. The summed E-state index contributed by atoms with van der Waals surface area (Å²) >= 11 is 1.68. The molecule has 98 valence electrons. The molecule has 5 nitrogen and oxygen atoms in total. The summed E-state index contributed by atoms with van der Waals surface area (Å²) in [6, 6.07) is 0. The van der Waals surface area contributed by atoms with Crippen LogP contribution in [0.25, 0.3) is 0 Å². The maximum atomic E-state index is 9.44. The second-order valence-corrected chi connectivity index (χ2v) is 5.95. The lowest BCUT2D eigenvalue weighted by atomic mass is 9.97. The zero-order chi connectivity index (χ0) is 12.9. The van der Waals surface area contributed by atoms with Crippen LogP contribution in [0.1, 0.15) is 27.2 Å². The molecular weight excluding hydrogens is 236 g/mol. The summed E-state index contributed by atoms with van der Waals surface area (Å²) in [6.07, 6.45) is 2.44. The van der Waals surface area contributed by atoms with Crippen molar-refractivity contribution in [3.05, 3.63) is 6.33 Å². The Balaban J connectivity index is 2.53. The van der Waals surface area contributed by atoms with Crippen LogP contribution in [0.4, 0.5) is 0 Å². The third-order valence-corrected chi connectivity index (χ3v) is 3.82. The fraction of sp³-hybridized carbons (Fsp3) is 0.818. The molecular formula is C11H22N4OS. The summed E-state index contributed by atoms with van der Waals surface area (Å²) in [5.41, 5.74) is -0.222. The van der Waals surface area contributed by atoms with E-state index in [-0.39, 0.29) is 12.1 Å². The summed E-state index contributed by atoms with van der Waals surface area (Å²) in [5.74, 6) is 0. The van der Waals surface area contributed by atoms with E-state index in [1.165, 1.54) is 0 Å². The van der Waals surface area contributed by atoms with Crippen molar-refractivity contribution < 1.29 is 5.11 Å². The van der Waals surface area contributed by atoms with E-state index in [1.807, 2.05) is 20.9 Å². The second kappa shape index (κ2) is 6.37. The number of nitrogens with one attached hydrogen (secondary N) is 1. The number of hydrogen-bond donors (Lipinski definition) is 2. The molecule has 0 fully saturated rings. The van der Waals surface area contributed by atoms with Crippen LogP contribution in [0.5, 0.6) is 0 Å². The normalized spacial score (nSPS) is 16.8. The predicted molar refractivity (Wildman–Crippen MR) is 70.1 cm³/mol. The zero-order valence-corrected chi connectivity index (χ0v) is 11.8. The Hall–Kier alpha value is -0.590. The van der Waals surface area contributed by atoms with E-state index >= 15 is 0 Å². The van der Waals surface area contributed by atoms with E-state index in [0.717, 1.165) is 18.1 Å². The molecule has 1 aromatic rings. The van der Waals surface area contributed by atoms with Crippen LogP contribution in [0.15, 0.2) is 11.5 Å². The Morgan fingerprint density at radius 1 is 1.65 bits per heavy atom. The Bertz CT molecular complexity index is 344. The van der Waals surface area contributed by atoms with Gasteiger partial charge in [0.2, 0.25) is 0 Å². The van der Waals surface area contributed by atoms with Gasteiger partial charge in [-0.25, -0.2) is 9.67 Å². The number of aromatic nitrogens is 3. The van der Waals surface area contributed by atoms with Crippen molar-refractivity contribution in [2.75, 3.05) is 13.2 Å². The van der Waals surface area contributed by atoms with Crippen molar-refractivity contribution >= 4 is 11.8 Å². The van der Waals surface area contributed by atoms with Crippen molar-refractivity contribution in [2.24, 2.45) is 7.05 Å². The summed E-state index contributed by atoms with van der Waals surface area (Å²) < 4.78 is 1.77. The Morgan fingerprint density at radius 2 is 2.35 bits per heavy atom. The molecule has 2 unspecified atom stereocenters. The number of rotatable bonds is 7. The van der Waals surface area contributed by atoms with E-state index in [9.17, 15) is 5.11 Å². The molecule has 0 aliphatic heterocycles. The maximum absolute atomic E-state index is 9.44. The summed E-state index contributed by atoms with van der Waals surface area (Å²) in [5, 5.41) is 18.1. The van der Waals surface area contributed by atoms with E-state index in [0.29, 0.717) is 5.25 Å². The quantitative estimate of drug-likeness (QED) is 0.716. The van der Waals surface area contributed by atoms with Gasteiger partial charge in [-0.05, 0) is 19.9 Å². The van der Waals surface area contributed by atoms with Crippen LogP contribution < -0.4 is 5.32 Å². The molecule has 1 aromatic heterocycles.